The zero-order valence-corrected chi connectivity index (χ0v) is 9.29. The number of hydrogen-bond donors (Lipinski definition) is 0. The summed E-state index contributed by atoms with van der Waals surface area (Å²) in [7, 11) is 3.48. The van der Waals surface area contributed by atoms with Gasteiger partial charge >= 0.3 is 0 Å². The molecule has 0 radical (unpaired) electrons. The Balaban J connectivity index is 2.27. The van der Waals surface area contributed by atoms with Crippen LogP contribution in [0, 0.1) is 0 Å². The third kappa shape index (κ3) is 1.95. The Bertz CT molecular complexity index is 471. The number of aromatic nitrogens is 2. The van der Waals surface area contributed by atoms with Crippen LogP contribution in [0.25, 0.3) is 5.69 Å². The Labute approximate surface area is 94.1 Å². The van der Waals surface area contributed by atoms with E-state index in [0.717, 1.165) is 5.69 Å². The molecule has 0 bridgehead atoms. The lowest BCUT2D eigenvalue weighted by molar-refractivity contribution is 0.0827. The van der Waals surface area contributed by atoms with Crippen molar-refractivity contribution in [3.63, 3.8) is 0 Å². The Morgan fingerprint density at radius 2 is 1.94 bits per heavy atom. The second-order valence-corrected chi connectivity index (χ2v) is 3.70. The molecule has 2 rings (SSSR count). The molecule has 0 fully saturated rings. The van der Waals surface area contributed by atoms with Crippen LogP contribution in [0.2, 0.25) is 0 Å². The molecule has 0 aliphatic rings. The van der Waals surface area contributed by atoms with Gasteiger partial charge in [0.1, 0.15) is 0 Å². The van der Waals surface area contributed by atoms with E-state index in [1.54, 1.807) is 42.0 Å². The van der Waals surface area contributed by atoms with E-state index in [-0.39, 0.29) is 5.91 Å². The van der Waals surface area contributed by atoms with Gasteiger partial charge in [0.05, 0.1) is 5.69 Å². The average Bonchev–Trinajstić information content (AvgIpc) is 2.81. The quantitative estimate of drug-likeness (QED) is 0.762. The molecule has 1 amide bonds. The average molecular weight is 215 g/mol. The molecule has 0 N–H and O–H groups in total. The van der Waals surface area contributed by atoms with Gasteiger partial charge in [-0.2, -0.15) is 5.10 Å². The van der Waals surface area contributed by atoms with E-state index in [1.165, 1.54) is 0 Å². The van der Waals surface area contributed by atoms with E-state index >= 15 is 0 Å². The molecule has 2 aromatic rings. The van der Waals surface area contributed by atoms with Gasteiger partial charge in [0.15, 0.2) is 0 Å². The van der Waals surface area contributed by atoms with Crippen molar-refractivity contribution in [2.75, 3.05) is 14.1 Å². The molecule has 0 saturated carbocycles. The van der Waals surface area contributed by atoms with E-state index in [1.807, 2.05) is 24.4 Å². The molecule has 0 unspecified atom stereocenters. The monoisotopic (exact) mass is 215 g/mol. The first-order chi connectivity index (χ1) is 7.68. The fraction of sp³-hybridized carbons (Fsp3) is 0.167. The number of carbonyl (C=O) groups excluding carboxylic acids is 1. The van der Waals surface area contributed by atoms with Gasteiger partial charge < -0.3 is 4.90 Å². The second kappa shape index (κ2) is 4.18. The minimum atomic E-state index is 0.00650. The SMILES string of the molecule is CN(C)C(=O)c1ccc(-n2cccn2)cc1. The first-order valence-corrected chi connectivity index (χ1v) is 5.00. The molecule has 1 aromatic carbocycles. The molecular formula is C12H13N3O. The number of rotatable bonds is 2. The van der Waals surface area contributed by atoms with Gasteiger partial charge in [-0.05, 0) is 30.3 Å². The Morgan fingerprint density at radius 3 is 2.44 bits per heavy atom. The second-order valence-electron chi connectivity index (χ2n) is 3.70. The smallest absolute Gasteiger partial charge is 0.253 e. The number of amides is 1. The third-order valence-corrected chi connectivity index (χ3v) is 2.29. The fourth-order valence-electron chi connectivity index (χ4n) is 1.44. The van der Waals surface area contributed by atoms with Crippen LogP contribution < -0.4 is 0 Å². The molecule has 4 heteroatoms. The lowest BCUT2D eigenvalue weighted by Gasteiger charge is -2.10. The lowest BCUT2D eigenvalue weighted by Crippen LogP contribution is -2.21. The fourth-order valence-corrected chi connectivity index (χ4v) is 1.44. The number of carbonyl (C=O) groups is 1. The van der Waals surface area contributed by atoms with Crippen LogP contribution in [0.5, 0.6) is 0 Å². The highest BCUT2D eigenvalue weighted by Crippen LogP contribution is 2.09. The standard InChI is InChI=1S/C12H13N3O/c1-14(2)12(16)10-4-6-11(7-5-10)15-9-3-8-13-15/h3-9H,1-2H3. The highest BCUT2D eigenvalue weighted by Gasteiger charge is 2.07. The normalized spacial score (nSPS) is 10.1. The summed E-state index contributed by atoms with van der Waals surface area (Å²) < 4.78 is 1.75. The Morgan fingerprint density at radius 1 is 1.25 bits per heavy atom. The number of hydrogen-bond acceptors (Lipinski definition) is 2. The number of nitrogens with zero attached hydrogens (tertiary/aromatic N) is 3. The van der Waals surface area contributed by atoms with Gasteiger partial charge in [0.2, 0.25) is 0 Å². The largest absolute Gasteiger partial charge is 0.345 e. The van der Waals surface area contributed by atoms with Gasteiger partial charge in [-0.3, -0.25) is 4.79 Å². The van der Waals surface area contributed by atoms with Gasteiger partial charge in [-0.25, -0.2) is 4.68 Å². The van der Waals surface area contributed by atoms with Crippen molar-refractivity contribution in [1.82, 2.24) is 14.7 Å². The molecule has 16 heavy (non-hydrogen) atoms. The minimum Gasteiger partial charge on any atom is -0.345 e. The van der Waals surface area contributed by atoms with Crippen molar-refractivity contribution in [3.8, 4) is 5.69 Å². The molecule has 1 aromatic heterocycles. The summed E-state index contributed by atoms with van der Waals surface area (Å²) in [5, 5.41) is 4.12. The number of benzene rings is 1. The van der Waals surface area contributed by atoms with Crippen molar-refractivity contribution in [2.45, 2.75) is 0 Å². The van der Waals surface area contributed by atoms with E-state index in [0.29, 0.717) is 5.56 Å². The highest BCUT2D eigenvalue weighted by atomic mass is 16.2. The van der Waals surface area contributed by atoms with Crippen molar-refractivity contribution in [2.24, 2.45) is 0 Å². The van der Waals surface area contributed by atoms with Crippen molar-refractivity contribution >= 4 is 5.91 Å². The maximum Gasteiger partial charge on any atom is 0.253 e. The predicted molar refractivity (Wildman–Crippen MR) is 61.6 cm³/mol. The van der Waals surface area contributed by atoms with E-state index in [9.17, 15) is 4.79 Å². The van der Waals surface area contributed by atoms with Crippen molar-refractivity contribution in [1.29, 1.82) is 0 Å². The summed E-state index contributed by atoms with van der Waals surface area (Å²) in [5.41, 5.74) is 1.63. The summed E-state index contributed by atoms with van der Waals surface area (Å²) >= 11 is 0. The lowest BCUT2D eigenvalue weighted by atomic mass is 10.2. The first-order valence-electron chi connectivity index (χ1n) is 5.00. The molecule has 0 atom stereocenters. The topological polar surface area (TPSA) is 38.1 Å². The van der Waals surface area contributed by atoms with E-state index < -0.39 is 0 Å². The predicted octanol–water partition coefficient (Wildman–Crippen LogP) is 1.57. The molecule has 1 heterocycles. The van der Waals surface area contributed by atoms with Crippen molar-refractivity contribution < 1.29 is 4.79 Å². The first kappa shape index (κ1) is 10.4. The summed E-state index contributed by atoms with van der Waals surface area (Å²) in [6.45, 7) is 0. The van der Waals surface area contributed by atoms with Crippen LogP contribution in [0.1, 0.15) is 10.4 Å². The van der Waals surface area contributed by atoms with Gasteiger partial charge in [-0.15, -0.1) is 0 Å². The van der Waals surface area contributed by atoms with Crippen LogP contribution in [-0.2, 0) is 0 Å². The van der Waals surface area contributed by atoms with Crippen LogP contribution >= 0.6 is 0 Å². The van der Waals surface area contributed by atoms with Gasteiger partial charge in [0, 0.05) is 32.1 Å². The molecule has 0 aliphatic carbocycles. The maximum absolute atomic E-state index is 11.6. The minimum absolute atomic E-state index is 0.00650. The van der Waals surface area contributed by atoms with Crippen LogP contribution in [0.3, 0.4) is 0 Å². The van der Waals surface area contributed by atoms with E-state index in [4.69, 9.17) is 0 Å². The summed E-state index contributed by atoms with van der Waals surface area (Å²) in [6.07, 6.45) is 3.58. The molecule has 82 valence electrons. The highest BCUT2D eigenvalue weighted by molar-refractivity contribution is 5.94. The van der Waals surface area contributed by atoms with Gasteiger partial charge in [0.25, 0.3) is 5.91 Å². The zero-order valence-electron chi connectivity index (χ0n) is 9.29. The molecular weight excluding hydrogens is 202 g/mol. The van der Waals surface area contributed by atoms with Crippen LogP contribution in [0.4, 0.5) is 0 Å². The molecule has 0 spiro atoms. The molecule has 0 aliphatic heterocycles. The zero-order chi connectivity index (χ0) is 11.5. The summed E-state index contributed by atoms with van der Waals surface area (Å²) in [6, 6.07) is 9.23. The van der Waals surface area contributed by atoms with Gasteiger partial charge in [-0.1, -0.05) is 0 Å². The summed E-state index contributed by atoms with van der Waals surface area (Å²) in [4.78, 5) is 13.2. The Kier molecular flexibility index (Phi) is 2.72. The van der Waals surface area contributed by atoms with E-state index in [2.05, 4.69) is 5.10 Å². The molecule has 4 nitrogen and oxygen atoms in total. The third-order valence-electron chi connectivity index (χ3n) is 2.29. The summed E-state index contributed by atoms with van der Waals surface area (Å²) in [5.74, 6) is 0.00650. The maximum atomic E-state index is 11.6. The van der Waals surface area contributed by atoms with Crippen LogP contribution in [0.15, 0.2) is 42.7 Å². The van der Waals surface area contributed by atoms with Crippen molar-refractivity contribution in [3.05, 3.63) is 48.3 Å². The Hall–Kier alpha value is -2.10. The van der Waals surface area contributed by atoms with Crippen LogP contribution in [-0.4, -0.2) is 34.7 Å². The molecule has 0 saturated heterocycles.